The van der Waals surface area contributed by atoms with Crippen LogP contribution in [0.15, 0.2) is 206 Å². The predicted molar refractivity (Wildman–Crippen MR) is 261 cm³/mol. The van der Waals surface area contributed by atoms with E-state index < -0.39 is 0 Å². The number of para-hydroxylation sites is 1. The molecule has 2 heteroatoms. The van der Waals surface area contributed by atoms with Crippen LogP contribution in [0.4, 0.5) is 0 Å². The Morgan fingerprint density at radius 2 is 0.758 bits per heavy atom. The molecule has 294 valence electrons. The first kappa shape index (κ1) is 35.3. The Morgan fingerprint density at radius 3 is 1.39 bits per heavy atom. The third-order valence-corrected chi connectivity index (χ3v) is 14.3. The van der Waals surface area contributed by atoms with Crippen LogP contribution < -0.4 is 0 Å². The van der Waals surface area contributed by atoms with Crippen molar-refractivity contribution in [3.8, 4) is 55.9 Å². The molecule has 62 heavy (non-hydrogen) atoms. The highest BCUT2D eigenvalue weighted by Gasteiger charge is 2.44. The lowest BCUT2D eigenvalue weighted by Gasteiger charge is -2.36. The normalized spacial score (nSPS) is 14.3. The number of hydrogen-bond donors (Lipinski definition) is 0. The molecule has 2 aliphatic rings. The third-order valence-electron chi connectivity index (χ3n) is 14.3. The van der Waals surface area contributed by atoms with Gasteiger partial charge in [0, 0.05) is 38.3 Å². The van der Waals surface area contributed by atoms with Gasteiger partial charge in [0.2, 0.25) is 0 Å². The Morgan fingerprint density at radius 1 is 0.290 bits per heavy atom. The second kappa shape index (κ2) is 13.8. The van der Waals surface area contributed by atoms with Crippen molar-refractivity contribution in [3.05, 3.63) is 217 Å². The minimum absolute atomic E-state index is 0.0862. The summed E-state index contributed by atoms with van der Waals surface area (Å²) in [5.74, 6) is 0. The molecule has 0 saturated heterocycles. The van der Waals surface area contributed by atoms with E-state index in [1.165, 1.54) is 143 Å². The molecule has 1 fully saturated rings. The van der Waals surface area contributed by atoms with Crippen LogP contribution in [-0.4, -0.2) is 9.13 Å². The first-order valence-corrected chi connectivity index (χ1v) is 22.3. The zero-order valence-corrected chi connectivity index (χ0v) is 34.6. The molecule has 0 unspecified atom stereocenters. The van der Waals surface area contributed by atoms with Gasteiger partial charge in [0.25, 0.3) is 0 Å². The summed E-state index contributed by atoms with van der Waals surface area (Å²) >= 11 is 0. The first-order chi connectivity index (χ1) is 30.7. The summed E-state index contributed by atoms with van der Waals surface area (Å²) in [6.45, 7) is 0. The van der Waals surface area contributed by atoms with Gasteiger partial charge in [-0.15, -0.1) is 0 Å². The van der Waals surface area contributed by atoms with Crippen LogP contribution in [0, 0.1) is 0 Å². The molecule has 2 heterocycles. The average Bonchev–Trinajstić information content (AvgIpc) is 3.94. The summed E-state index contributed by atoms with van der Waals surface area (Å²) in [7, 11) is 0. The van der Waals surface area contributed by atoms with Crippen LogP contribution in [0.25, 0.3) is 99.5 Å². The highest BCUT2D eigenvalue weighted by molar-refractivity contribution is 6.14. The van der Waals surface area contributed by atoms with Gasteiger partial charge in [-0.3, -0.25) is 0 Å². The highest BCUT2D eigenvalue weighted by atomic mass is 15.0. The highest BCUT2D eigenvalue weighted by Crippen LogP contribution is 2.57. The molecule has 0 amide bonds. The molecule has 0 atom stereocenters. The fourth-order valence-electron chi connectivity index (χ4n) is 11.4. The number of benzene rings is 9. The standard InChI is InChI=1S/C60H44N2/c1-4-14-40(15-5-1)42-22-28-46(29-23-42)61-56-21-11-9-19-49(56)51-36-44(26-32-57(51)61)45-27-33-58-52(37-45)53-38-55-50(48-18-8-10-20-54(48)60(55)34-12-3-13-35-60)39-59(53)62(58)47-30-24-43(25-31-47)41-16-6-2-7-17-41/h1-2,4-11,14-33,36-39H,3,12-13,34-35H2. The lowest BCUT2D eigenvalue weighted by molar-refractivity contribution is 0.353. The molecular weight excluding hydrogens is 749 g/mol. The number of nitrogens with zero attached hydrogens (tertiary/aromatic N) is 2. The molecule has 1 saturated carbocycles. The predicted octanol–water partition coefficient (Wildman–Crippen LogP) is 16.1. The molecule has 0 N–H and O–H groups in total. The van der Waals surface area contributed by atoms with Gasteiger partial charge in [-0.2, -0.15) is 0 Å². The van der Waals surface area contributed by atoms with Crippen LogP contribution in [0.1, 0.15) is 43.2 Å². The Kier molecular flexibility index (Phi) is 7.87. The van der Waals surface area contributed by atoms with E-state index in [0.29, 0.717) is 0 Å². The second-order valence-electron chi connectivity index (χ2n) is 17.6. The van der Waals surface area contributed by atoms with Crippen molar-refractivity contribution >= 4 is 43.6 Å². The van der Waals surface area contributed by atoms with E-state index >= 15 is 0 Å². The molecule has 1 spiro atoms. The van der Waals surface area contributed by atoms with Crippen molar-refractivity contribution in [2.75, 3.05) is 0 Å². The lowest BCUT2D eigenvalue weighted by Crippen LogP contribution is -2.27. The third kappa shape index (κ3) is 5.29. The largest absolute Gasteiger partial charge is 0.309 e. The van der Waals surface area contributed by atoms with Crippen molar-refractivity contribution in [2.45, 2.75) is 37.5 Å². The molecule has 2 nitrogen and oxygen atoms in total. The van der Waals surface area contributed by atoms with Crippen LogP contribution in [-0.2, 0) is 5.41 Å². The molecule has 2 aliphatic carbocycles. The van der Waals surface area contributed by atoms with Crippen molar-refractivity contribution in [2.24, 2.45) is 0 Å². The Balaban J connectivity index is 0.993. The summed E-state index contributed by atoms with van der Waals surface area (Å²) in [5, 5.41) is 5.17. The molecule has 2 aromatic heterocycles. The number of aromatic nitrogens is 2. The molecule has 0 aliphatic heterocycles. The summed E-state index contributed by atoms with van der Waals surface area (Å²) in [5.41, 5.74) is 20.7. The molecule has 0 radical (unpaired) electrons. The second-order valence-corrected chi connectivity index (χ2v) is 17.6. The maximum atomic E-state index is 2.61. The van der Waals surface area contributed by atoms with E-state index in [-0.39, 0.29) is 5.41 Å². The fraction of sp³-hybridized carbons (Fsp3) is 0.100. The van der Waals surface area contributed by atoms with Gasteiger partial charge in [-0.25, -0.2) is 0 Å². The molecule has 13 rings (SSSR count). The minimum atomic E-state index is 0.0862. The monoisotopic (exact) mass is 792 g/mol. The maximum Gasteiger partial charge on any atom is 0.0547 e. The van der Waals surface area contributed by atoms with Crippen LogP contribution >= 0.6 is 0 Å². The van der Waals surface area contributed by atoms with Crippen molar-refractivity contribution in [1.29, 1.82) is 0 Å². The zero-order valence-electron chi connectivity index (χ0n) is 34.6. The van der Waals surface area contributed by atoms with E-state index in [4.69, 9.17) is 0 Å². The Hall–Kier alpha value is -7.42. The van der Waals surface area contributed by atoms with Crippen molar-refractivity contribution < 1.29 is 0 Å². The van der Waals surface area contributed by atoms with Crippen LogP contribution in [0.5, 0.6) is 0 Å². The van der Waals surface area contributed by atoms with Gasteiger partial charge < -0.3 is 9.13 Å². The summed E-state index contributed by atoms with van der Waals surface area (Å²) in [6.07, 6.45) is 6.33. The van der Waals surface area contributed by atoms with E-state index in [1.54, 1.807) is 0 Å². The van der Waals surface area contributed by atoms with Crippen LogP contribution in [0.2, 0.25) is 0 Å². The number of fused-ring (bicyclic) bond motifs is 11. The Bertz CT molecular complexity index is 3510. The van der Waals surface area contributed by atoms with Gasteiger partial charge in [0.05, 0.1) is 22.1 Å². The van der Waals surface area contributed by atoms with E-state index in [0.717, 1.165) is 0 Å². The van der Waals surface area contributed by atoms with Gasteiger partial charge in [-0.05, 0) is 135 Å². The van der Waals surface area contributed by atoms with Gasteiger partial charge in [0.15, 0.2) is 0 Å². The Labute approximate surface area is 362 Å². The first-order valence-electron chi connectivity index (χ1n) is 22.3. The average molecular weight is 793 g/mol. The lowest BCUT2D eigenvalue weighted by atomic mass is 9.68. The molecule has 9 aromatic carbocycles. The van der Waals surface area contributed by atoms with Gasteiger partial charge in [0.1, 0.15) is 0 Å². The number of rotatable bonds is 5. The van der Waals surface area contributed by atoms with Crippen molar-refractivity contribution in [1.82, 2.24) is 9.13 Å². The fourth-order valence-corrected chi connectivity index (χ4v) is 11.4. The zero-order chi connectivity index (χ0) is 40.8. The molecule has 11 aromatic rings. The van der Waals surface area contributed by atoms with E-state index in [2.05, 4.69) is 215 Å². The maximum absolute atomic E-state index is 2.61. The summed E-state index contributed by atoms with van der Waals surface area (Å²) < 4.78 is 4.93. The summed E-state index contributed by atoms with van der Waals surface area (Å²) in [4.78, 5) is 0. The minimum Gasteiger partial charge on any atom is -0.309 e. The van der Waals surface area contributed by atoms with Gasteiger partial charge >= 0.3 is 0 Å². The summed E-state index contributed by atoms with van der Waals surface area (Å²) in [6, 6.07) is 77.0. The molecule has 0 bridgehead atoms. The number of hydrogen-bond acceptors (Lipinski definition) is 0. The van der Waals surface area contributed by atoms with E-state index in [1.807, 2.05) is 0 Å². The quantitative estimate of drug-likeness (QED) is 0.164. The SMILES string of the molecule is c1ccc(-c2ccc(-n3c4ccccc4c4cc(-c5ccc6c(c5)c5cc7c(cc5n6-c5ccc(-c6ccccc6)cc5)-c5ccccc5C75CCCCC5)ccc43)cc2)cc1. The smallest absolute Gasteiger partial charge is 0.0547 e. The van der Waals surface area contributed by atoms with Crippen molar-refractivity contribution in [3.63, 3.8) is 0 Å². The van der Waals surface area contributed by atoms with E-state index in [9.17, 15) is 0 Å². The molecular formula is C60H44N2. The van der Waals surface area contributed by atoms with Gasteiger partial charge in [-0.1, -0.05) is 159 Å². The van der Waals surface area contributed by atoms with Crippen LogP contribution in [0.3, 0.4) is 0 Å². The topological polar surface area (TPSA) is 9.86 Å².